The first kappa shape index (κ1) is 13.6. The number of benzene rings is 1. The van der Waals surface area contributed by atoms with Crippen LogP contribution >= 0.6 is 0 Å². The molecule has 0 aliphatic carbocycles. The Balaban J connectivity index is 2.63. The summed E-state index contributed by atoms with van der Waals surface area (Å²) in [5, 5.41) is 0.983. The van der Waals surface area contributed by atoms with Crippen LogP contribution in [-0.2, 0) is 18.4 Å². The molecule has 0 spiro atoms. The van der Waals surface area contributed by atoms with Gasteiger partial charge in [-0.2, -0.15) is 0 Å². The van der Waals surface area contributed by atoms with Crippen molar-refractivity contribution in [3.8, 4) is 0 Å². The van der Waals surface area contributed by atoms with E-state index in [1.165, 1.54) is 0 Å². The molecule has 0 saturated heterocycles. The summed E-state index contributed by atoms with van der Waals surface area (Å²) < 4.78 is 15.8. The fourth-order valence-corrected chi connectivity index (χ4v) is 2.86. The highest BCUT2D eigenvalue weighted by Crippen LogP contribution is 2.06. The van der Waals surface area contributed by atoms with Crippen LogP contribution in [0.2, 0.25) is 6.55 Å². The standard InChI is InChI=1S/C12H16O4Si/c1-4-12(13)15-10-16-17(3,14-2)11-8-6-5-7-9-11/h4-9H,1,10H2,2-3H3. The van der Waals surface area contributed by atoms with Crippen molar-refractivity contribution in [1.82, 2.24) is 0 Å². The van der Waals surface area contributed by atoms with E-state index < -0.39 is 14.5 Å². The molecule has 1 atom stereocenters. The highest BCUT2D eigenvalue weighted by molar-refractivity contribution is 6.79. The summed E-state index contributed by atoms with van der Waals surface area (Å²) in [4.78, 5) is 10.9. The van der Waals surface area contributed by atoms with Gasteiger partial charge in [-0.15, -0.1) is 0 Å². The summed E-state index contributed by atoms with van der Waals surface area (Å²) in [6, 6.07) is 9.62. The molecular formula is C12H16O4Si. The first-order chi connectivity index (χ1) is 8.12. The van der Waals surface area contributed by atoms with Gasteiger partial charge in [0.25, 0.3) is 0 Å². The van der Waals surface area contributed by atoms with Gasteiger partial charge in [0, 0.05) is 13.2 Å². The first-order valence-electron chi connectivity index (χ1n) is 5.16. The molecule has 0 fully saturated rings. The van der Waals surface area contributed by atoms with Gasteiger partial charge < -0.3 is 13.6 Å². The molecule has 5 heteroatoms. The van der Waals surface area contributed by atoms with Crippen molar-refractivity contribution in [2.45, 2.75) is 6.55 Å². The second kappa shape index (κ2) is 6.34. The van der Waals surface area contributed by atoms with Crippen LogP contribution < -0.4 is 5.19 Å². The van der Waals surface area contributed by atoms with E-state index in [2.05, 4.69) is 6.58 Å². The van der Waals surface area contributed by atoms with Gasteiger partial charge in [0.05, 0.1) is 0 Å². The minimum Gasteiger partial charge on any atom is -0.436 e. The lowest BCUT2D eigenvalue weighted by Gasteiger charge is -2.24. The zero-order chi connectivity index (χ0) is 12.7. The fourth-order valence-electron chi connectivity index (χ4n) is 1.26. The summed E-state index contributed by atoms with van der Waals surface area (Å²) in [7, 11) is -0.899. The number of carbonyl (C=O) groups excluding carboxylic acids is 1. The van der Waals surface area contributed by atoms with E-state index >= 15 is 0 Å². The average Bonchev–Trinajstić information content (AvgIpc) is 2.39. The molecule has 0 heterocycles. The summed E-state index contributed by atoms with van der Waals surface area (Å²) in [5.41, 5.74) is 0. The first-order valence-corrected chi connectivity index (χ1v) is 7.48. The topological polar surface area (TPSA) is 44.8 Å². The Morgan fingerprint density at radius 3 is 2.59 bits per heavy atom. The maximum absolute atomic E-state index is 10.9. The predicted molar refractivity (Wildman–Crippen MR) is 66.9 cm³/mol. The Kier molecular flexibility index (Phi) is 5.08. The molecule has 0 N–H and O–H groups in total. The second-order valence-electron chi connectivity index (χ2n) is 3.45. The van der Waals surface area contributed by atoms with Gasteiger partial charge in [-0.3, -0.25) is 0 Å². The molecule has 92 valence electrons. The van der Waals surface area contributed by atoms with Crippen LogP contribution in [0, 0.1) is 0 Å². The Morgan fingerprint density at radius 2 is 2.06 bits per heavy atom. The number of ether oxygens (including phenoxy) is 1. The molecule has 17 heavy (non-hydrogen) atoms. The highest BCUT2D eigenvalue weighted by atomic mass is 28.4. The summed E-state index contributed by atoms with van der Waals surface area (Å²) in [6.45, 7) is 5.07. The van der Waals surface area contributed by atoms with Crippen molar-refractivity contribution >= 4 is 19.7 Å². The number of hydrogen-bond donors (Lipinski definition) is 0. The molecule has 1 aromatic rings. The summed E-state index contributed by atoms with van der Waals surface area (Å²) in [5.74, 6) is -0.509. The molecule has 0 aromatic heterocycles. The monoisotopic (exact) mass is 252 g/mol. The Bertz CT molecular complexity index is 379. The molecule has 1 aromatic carbocycles. The quantitative estimate of drug-likeness (QED) is 0.331. The van der Waals surface area contributed by atoms with Crippen LogP contribution in [0.4, 0.5) is 0 Å². The van der Waals surface area contributed by atoms with E-state index in [1.807, 2.05) is 36.9 Å². The van der Waals surface area contributed by atoms with E-state index in [9.17, 15) is 4.79 Å². The van der Waals surface area contributed by atoms with Crippen molar-refractivity contribution in [3.05, 3.63) is 43.0 Å². The van der Waals surface area contributed by atoms with Crippen molar-refractivity contribution < 1.29 is 18.4 Å². The molecular weight excluding hydrogens is 236 g/mol. The van der Waals surface area contributed by atoms with Crippen LogP contribution in [0.25, 0.3) is 0 Å². The number of esters is 1. The molecule has 0 saturated carbocycles. The number of hydrogen-bond acceptors (Lipinski definition) is 4. The van der Waals surface area contributed by atoms with Crippen LogP contribution in [0.3, 0.4) is 0 Å². The highest BCUT2D eigenvalue weighted by Gasteiger charge is 2.33. The summed E-state index contributed by atoms with van der Waals surface area (Å²) >= 11 is 0. The zero-order valence-electron chi connectivity index (χ0n) is 10.0. The molecule has 1 unspecified atom stereocenters. The van der Waals surface area contributed by atoms with Gasteiger partial charge in [-0.1, -0.05) is 36.9 Å². The van der Waals surface area contributed by atoms with Crippen molar-refractivity contribution in [2.24, 2.45) is 0 Å². The third-order valence-electron chi connectivity index (χ3n) is 2.39. The molecule has 0 aliphatic heterocycles. The molecule has 4 nitrogen and oxygen atoms in total. The molecule has 0 amide bonds. The Labute approximate surface area is 102 Å². The van der Waals surface area contributed by atoms with Gasteiger partial charge in [0.2, 0.25) is 0 Å². The Morgan fingerprint density at radius 1 is 1.41 bits per heavy atom. The molecule has 0 aliphatic rings. The third kappa shape index (κ3) is 3.81. The van der Waals surface area contributed by atoms with Crippen LogP contribution in [0.5, 0.6) is 0 Å². The van der Waals surface area contributed by atoms with Gasteiger partial charge >= 0.3 is 14.5 Å². The number of carbonyl (C=O) groups is 1. The van der Waals surface area contributed by atoms with E-state index in [0.29, 0.717) is 0 Å². The van der Waals surface area contributed by atoms with Gasteiger partial charge in [-0.05, 0) is 11.7 Å². The fraction of sp³-hybridized carbons (Fsp3) is 0.250. The average molecular weight is 252 g/mol. The van der Waals surface area contributed by atoms with Gasteiger partial charge in [0.1, 0.15) is 0 Å². The third-order valence-corrected chi connectivity index (χ3v) is 5.22. The van der Waals surface area contributed by atoms with E-state index in [1.54, 1.807) is 7.11 Å². The second-order valence-corrected chi connectivity index (χ2v) is 6.61. The minimum absolute atomic E-state index is 0.129. The van der Waals surface area contributed by atoms with E-state index in [4.69, 9.17) is 13.6 Å². The lowest BCUT2D eigenvalue weighted by molar-refractivity contribution is -0.145. The Hall–Kier alpha value is -1.43. The largest absolute Gasteiger partial charge is 0.436 e. The lowest BCUT2D eigenvalue weighted by atomic mass is 10.4. The SMILES string of the molecule is C=CC(=O)OCO[Si](C)(OC)c1ccccc1. The lowest BCUT2D eigenvalue weighted by Crippen LogP contribution is -2.50. The van der Waals surface area contributed by atoms with E-state index in [0.717, 1.165) is 11.3 Å². The van der Waals surface area contributed by atoms with E-state index in [-0.39, 0.29) is 6.79 Å². The minimum atomic E-state index is -2.49. The molecule has 0 radical (unpaired) electrons. The van der Waals surface area contributed by atoms with Gasteiger partial charge in [-0.25, -0.2) is 4.79 Å². The predicted octanol–water partition coefficient (Wildman–Crippen LogP) is 1.32. The maximum Gasteiger partial charge on any atom is 0.371 e. The normalized spacial score (nSPS) is 13.8. The van der Waals surface area contributed by atoms with Crippen molar-refractivity contribution in [1.29, 1.82) is 0 Å². The van der Waals surface area contributed by atoms with Crippen LogP contribution in [0.15, 0.2) is 43.0 Å². The summed E-state index contributed by atoms with van der Waals surface area (Å²) in [6.07, 6.45) is 1.09. The van der Waals surface area contributed by atoms with Crippen LogP contribution in [0.1, 0.15) is 0 Å². The number of rotatable bonds is 6. The van der Waals surface area contributed by atoms with Crippen molar-refractivity contribution in [2.75, 3.05) is 13.9 Å². The maximum atomic E-state index is 10.9. The smallest absolute Gasteiger partial charge is 0.371 e. The van der Waals surface area contributed by atoms with Crippen molar-refractivity contribution in [3.63, 3.8) is 0 Å². The van der Waals surface area contributed by atoms with Crippen LogP contribution in [-0.4, -0.2) is 28.4 Å². The zero-order valence-corrected chi connectivity index (χ0v) is 11.0. The molecule has 0 bridgehead atoms. The van der Waals surface area contributed by atoms with Gasteiger partial charge in [0.15, 0.2) is 6.79 Å². The molecule has 1 rings (SSSR count).